The molecule has 0 unspecified atom stereocenters. The fourth-order valence-electron chi connectivity index (χ4n) is 1.02. The molecule has 0 saturated heterocycles. The van der Waals surface area contributed by atoms with E-state index >= 15 is 0 Å². The van der Waals surface area contributed by atoms with E-state index in [9.17, 15) is 0 Å². The van der Waals surface area contributed by atoms with Crippen LogP contribution in [-0.4, -0.2) is 0 Å². The Kier molecular flexibility index (Phi) is 20.9. The molecule has 0 aromatic heterocycles. The van der Waals surface area contributed by atoms with E-state index in [1.807, 2.05) is 36.5 Å². The quantitative estimate of drug-likeness (QED) is 0.437. The Morgan fingerprint density at radius 2 is 1.05 bits per heavy atom. The summed E-state index contributed by atoms with van der Waals surface area (Å²) in [5.41, 5.74) is 0. The van der Waals surface area contributed by atoms with Crippen LogP contribution in [0.1, 0.15) is 19.3 Å². The van der Waals surface area contributed by atoms with Crippen LogP contribution in [0, 0.1) is 56.3 Å². The zero-order chi connectivity index (χ0) is 13.3. The van der Waals surface area contributed by atoms with Crippen LogP contribution in [0.5, 0.6) is 0 Å². The van der Waals surface area contributed by atoms with E-state index in [2.05, 4.69) is 50.0 Å². The van der Waals surface area contributed by atoms with Crippen LogP contribution >= 0.6 is 0 Å². The molecule has 0 radical (unpaired) electrons. The van der Waals surface area contributed by atoms with Crippen molar-refractivity contribution in [3.63, 3.8) is 0 Å². The molecule has 0 nitrogen and oxygen atoms in total. The third-order valence-corrected chi connectivity index (χ3v) is 1.76. The first-order valence-corrected chi connectivity index (χ1v) is 5.97. The van der Waals surface area contributed by atoms with E-state index < -0.39 is 0 Å². The van der Waals surface area contributed by atoms with Gasteiger partial charge in [0.2, 0.25) is 0 Å². The van der Waals surface area contributed by atoms with Crippen LogP contribution in [0.25, 0.3) is 0 Å². The third kappa shape index (κ3) is 19.6. The van der Waals surface area contributed by atoms with Crippen molar-refractivity contribution >= 4 is 0 Å². The van der Waals surface area contributed by atoms with Crippen LogP contribution in [-0.2, 0) is 0 Å². The van der Waals surface area contributed by atoms with Gasteiger partial charge in [0.25, 0.3) is 0 Å². The van der Waals surface area contributed by atoms with Crippen molar-refractivity contribution in [2.75, 3.05) is 0 Å². The molecule has 96 valence electrons. The van der Waals surface area contributed by atoms with Crippen LogP contribution in [0.3, 0.4) is 0 Å². The van der Waals surface area contributed by atoms with Crippen molar-refractivity contribution in [1.82, 2.24) is 0 Å². The minimum absolute atomic E-state index is 0. The molecule has 0 aliphatic heterocycles. The Morgan fingerprint density at radius 1 is 0.789 bits per heavy atom. The summed E-state index contributed by atoms with van der Waals surface area (Å²) in [6, 6.07) is 0. The van der Waals surface area contributed by atoms with Gasteiger partial charge >= 0.3 is 31.1 Å². The normalized spacial score (nSPS) is 14.5. The van der Waals surface area contributed by atoms with Gasteiger partial charge in [-0.15, -0.1) is 19.3 Å². The SMILES string of the molecule is C=C[CH2-].[C-]1=CC=CC1.[C-]1=CC=CC1.[C-]1=CC=CC1.[U+4]. The summed E-state index contributed by atoms with van der Waals surface area (Å²) < 4.78 is 0. The topological polar surface area (TPSA) is 0 Å². The van der Waals surface area contributed by atoms with Gasteiger partial charge in [-0.2, -0.15) is 18.2 Å². The van der Waals surface area contributed by atoms with E-state index in [0.717, 1.165) is 19.3 Å². The summed E-state index contributed by atoms with van der Waals surface area (Å²) in [5, 5.41) is 0. The molecule has 0 heterocycles. The van der Waals surface area contributed by atoms with Gasteiger partial charge in [-0.3, -0.25) is 18.2 Å². The molecular formula is C18H20U. The Bertz CT molecular complexity index is 270. The maximum atomic E-state index is 3.25. The Balaban J connectivity index is 0. The Labute approximate surface area is 142 Å². The average Bonchev–Trinajstić information content (AvgIpc) is 3.19. The zero-order valence-corrected chi connectivity index (χ0v) is 15.5. The van der Waals surface area contributed by atoms with E-state index in [4.69, 9.17) is 0 Å². The molecule has 0 aromatic rings. The summed E-state index contributed by atoms with van der Waals surface area (Å²) in [6.07, 6.45) is 31.5. The zero-order valence-electron chi connectivity index (χ0n) is 11.3. The molecule has 0 N–H and O–H groups in total. The summed E-state index contributed by atoms with van der Waals surface area (Å²) >= 11 is 0. The van der Waals surface area contributed by atoms with Crippen molar-refractivity contribution in [1.29, 1.82) is 0 Å². The van der Waals surface area contributed by atoms with E-state index in [1.165, 1.54) is 6.08 Å². The fraction of sp³-hybridized carbons (Fsp3) is 0.167. The predicted molar refractivity (Wildman–Crippen MR) is 80.3 cm³/mol. The monoisotopic (exact) mass is 474 g/mol. The fourth-order valence-corrected chi connectivity index (χ4v) is 1.02. The molecular weight excluding hydrogens is 454 g/mol. The molecule has 0 saturated carbocycles. The second kappa shape index (κ2) is 19.4. The van der Waals surface area contributed by atoms with Crippen molar-refractivity contribution < 1.29 is 31.1 Å². The molecule has 19 heavy (non-hydrogen) atoms. The van der Waals surface area contributed by atoms with E-state index in [1.54, 1.807) is 0 Å². The molecule has 0 spiro atoms. The number of allylic oxidation sites excluding steroid dienone is 13. The molecule has 1 heteroatoms. The van der Waals surface area contributed by atoms with Crippen LogP contribution in [0.2, 0.25) is 0 Å². The predicted octanol–water partition coefficient (Wildman–Crippen LogP) is 4.92. The van der Waals surface area contributed by atoms with Gasteiger partial charge in [-0.1, -0.05) is 0 Å². The van der Waals surface area contributed by atoms with E-state index in [-0.39, 0.29) is 31.1 Å². The molecule has 0 bridgehead atoms. The van der Waals surface area contributed by atoms with Gasteiger partial charge in [0.05, 0.1) is 0 Å². The van der Waals surface area contributed by atoms with Crippen molar-refractivity contribution in [3.05, 3.63) is 92.5 Å². The van der Waals surface area contributed by atoms with Crippen LogP contribution < -0.4 is 0 Å². The van der Waals surface area contributed by atoms with E-state index in [0.29, 0.717) is 0 Å². The minimum atomic E-state index is 0. The van der Waals surface area contributed by atoms with Gasteiger partial charge in [0, 0.05) is 0 Å². The first-order valence-electron chi connectivity index (χ1n) is 5.97. The molecule has 3 rings (SSSR count). The smallest absolute Gasteiger partial charge is 0.273 e. The summed E-state index contributed by atoms with van der Waals surface area (Å²) in [6.45, 7) is 6.50. The number of hydrogen-bond donors (Lipinski definition) is 0. The summed E-state index contributed by atoms with van der Waals surface area (Å²) in [5.74, 6) is 0. The van der Waals surface area contributed by atoms with Gasteiger partial charge in [-0.25, -0.2) is 56.0 Å². The summed E-state index contributed by atoms with van der Waals surface area (Å²) in [4.78, 5) is 0. The van der Waals surface area contributed by atoms with Gasteiger partial charge in [0.15, 0.2) is 0 Å². The standard InChI is InChI=1S/3C5H5.C3H5.U/c3*1-2-4-5-3-1;1-3-2;/h3*1-3H,4H2;3H,1-2H2;/q4*-1;+4. The third-order valence-electron chi connectivity index (χ3n) is 1.76. The van der Waals surface area contributed by atoms with Crippen LogP contribution in [0.4, 0.5) is 0 Å². The number of rotatable bonds is 0. The maximum absolute atomic E-state index is 3.25. The first-order chi connectivity index (χ1) is 8.91. The largest absolute Gasteiger partial charge is 4.00 e. The molecule has 0 fully saturated rings. The summed E-state index contributed by atoms with van der Waals surface area (Å²) in [7, 11) is 0. The van der Waals surface area contributed by atoms with Crippen molar-refractivity contribution in [2.45, 2.75) is 19.3 Å². The van der Waals surface area contributed by atoms with Gasteiger partial charge in [0.1, 0.15) is 0 Å². The molecule has 0 atom stereocenters. The molecule has 0 amide bonds. The first kappa shape index (κ1) is 20.4. The number of hydrogen-bond acceptors (Lipinski definition) is 0. The second-order valence-corrected chi connectivity index (χ2v) is 3.30. The molecule has 3 aliphatic carbocycles. The van der Waals surface area contributed by atoms with Crippen molar-refractivity contribution in [3.8, 4) is 0 Å². The average molecular weight is 474 g/mol. The van der Waals surface area contributed by atoms with Gasteiger partial charge in [-0.05, 0) is 0 Å². The van der Waals surface area contributed by atoms with Gasteiger partial charge < -0.3 is 0 Å². The maximum Gasteiger partial charge on any atom is 4.00 e. The Morgan fingerprint density at radius 3 is 1.11 bits per heavy atom. The van der Waals surface area contributed by atoms with Crippen molar-refractivity contribution in [2.24, 2.45) is 0 Å². The van der Waals surface area contributed by atoms with Crippen LogP contribution in [0.15, 0.2) is 67.3 Å². The molecule has 0 aromatic carbocycles. The molecule has 3 aliphatic rings. The Hall–Kier alpha value is -0.898. The second-order valence-electron chi connectivity index (χ2n) is 3.30. The minimum Gasteiger partial charge on any atom is -0.273 e.